The summed E-state index contributed by atoms with van der Waals surface area (Å²) in [7, 11) is 1.37. The van der Waals surface area contributed by atoms with Gasteiger partial charge in [-0.25, -0.2) is 9.37 Å². The number of nitrogens with zero attached hydrogens (tertiary/aromatic N) is 1. The van der Waals surface area contributed by atoms with Crippen LogP contribution in [0.2, 0.25) is 0 Å². The predicted molar refractivity (Wildman–Crippen MR) is 137 cm³/mol. The number of aromatic nitrogens is 1. The van der Waals surface area contributed by atoms with E-state index >= 15 is 0 Å². The fourth-order valence-corrected chi connectivity index (χ4v) is 4.43. The van der Waals surface area contributed by atoms with Crippen LogP contribution < -0.4 is 19.5 Å². The minimum Gasteiger partial charge on any atom is -0.493 e. The topological polar surface area (TPSA) is 107 Å². The lowest BCUT2D eigenvalue weighted by Gasteiger charge is -2.31. The molecule has 2 N–H and O–H groups in total. The molecule has 0 saturated heterocycles. The quantitative estimate of drug-likeness (QED) is 0.287. The van der Waals surface area contributed by atoms with Gasteiger partial charge in [-0.3, -0.25) is 4.79 Å². The van der Waals surface area contributed by atoms with E-state index in [9.17, 15) is 32.3 Å². The Morgan fingerprint density at radius 2 is 1.88 bits per heavy atom. The lowest BCUT2D eigenvalue weighted by molar-refractivity contribution is -0.265. The minimum atomic E-state index is -5.31. The van der Waals surface area contributed by atoms with Crippen molar-refractivity contribution in [3.05, 3.63) is 71.2 Å². The number of methoxy groups -OCH3 is 1. The SMILES string of the molecule is COc1cc(C(=O)NCC(O)(c2cc3c(c(-c4ccc(F)cc4)n2)OC[C@]3(C)C=O)C(F)(F)F)ccc1OC1CC1. The van der Waals surface area contributed by atoms with Gasteiger partial charge in [-0.2, -0.15) is 13.2 Å². The van der Waals surface area contributed by atoms with Gasteiger partial charge < -0.3 is 29.4 Å². The zero-order chi connectivity index (χ0) is 29.6. The van der Waals surface area contributed by atoms with Crippen LogP contribution in [0.15, 0.2) is 48.5 Å². The van der Waals surface area contributed by atoms with Gasteiger partial charge in [0.05, 0.1) is 30.9 Å². The molecule has 2 atom stereocenters. The zero-order valence-corrected chi connectivity index (χ0v) is 22.0. The summed E-state index contributed by atoms with van der Waals surface area (Å²) >= 11 is 0. The average Bonchev–Trinajstić information content (AvgIpc) is 3.71. The number of pyridine rings is 1. The first-order valence-corrected chi connectivity index (χ1v) is 12.7. The van der Waals surface area contributed by atoms with Gasteiger partial charge in [-0.15, -0.1) is 0 Å². The second-order valence-electron chi connectivity index (χ2n) is 10.3. The summed E-state index contributed by atoms with van der Waals surface area (Å²) in [6.07, 6.45) is -2.94. The van der Waals surface area contributed by atoms with E-state index in [1.165, 1.54) is 44.4 Å². The van der Waals surface area contributed by atoms with Gasteiger partial charge in [0.2, 0.25) is 5.60 Å². The number of hydrogen-bond acceptors (Lipinski definition) is 7. The molecular weight excluding hydrogens is 548 g/mol. The number of alkyl halides is 3. The lowest BCUT2D eigenvalue weighted by atomic mass is 9.83. The summed E-state index contributed by atoms with van der Waals surface area (Å²) in [5, 5.41) is 13.3. The maximum atomic E-state index is 14.5. The molecule has 1 aromatic heterocycles. The number of fused-ring (bicyclic) bond motifs is 1. The molecule has 1 fully saturated rings. The summed E-state index contributed by atoms with van der Waals surface area (Å²) in [5.41, 5.74) is -5.74. The fourth-order valence-electron chi connectivity index (χ4n) is 4.43. The van der Waals surface area contributed by atoms with Gasteiger partial charge in [0.25, 0.3) is 5.91 Å². The first-order valence-electron chi connectivity index (χ1n) is 12.7. The number of halogens is 4. The molecular formula is C29H26F4N2O6. The molecule has 2 heterocycles. The van der Waals surface area contributed by atoms with Crippen molar-refractivity contribution >= 4 is 12.2 Å². The average molecular weight is 575 g/mol. The van der Waals surface area contributed by atoms with Crippen molar-refractivity contribution in [2.45, 2.75) is 43.1 Å². The normalized spacial score (nSPS) is 19.5. The van der Waals surface area contributed by atoms with Crippen molar-refractivity contribution in [1.82, 2.24) is 10.3 Å². The standard InChI is InChI=1S/C29H26F4N2O6/c1-27(14-36)15-40-25-20(27)12-23(35-24(25)16-3-6-18(30)7-4-16)28(38,29(31,32)33)13-34-26(37)17-5-10-21(22(11-17)39-2)41-19-8-9-19/h3-7,10-12,14,19,38H,8-9,13,15H2,1-2H3,(H,34,37)/t27-,28?/m0/s1. The lowest BCUT2D eigenvalue weighted by Crippen LogP contribution is -2.51. The highest BCUT2D eigenvalue weighted by molar-refractivity contribution is 5.95. The van der Waals surface area contributed by atoms with E-state index in [-0.39, 0.29) is 46.6 Å². The summed E-state index contributed by atoms with van der Waals surface area (Å²) in [6, 6.07) is 9.91. The molecule has 5 rings (SSSR count). The third-order valence-corrected chi connectivity index (χ3v) is 7.12. The van der Waals surface area contributed by atoms with Crippen LogP contribution in [0.5, 0.6) is 17.2 Å². The Bertz CT molecular complexity index is 1490. The highest BCUT2D eigenvalue weighted by Crippen LogP contribution is 2.47. The largest absolute Gasteiger partial charge is 0.493 e. The van der Waals surface area contributed by atoms with E-state index in [1.807, 2.05) is 0 Å². The first-order chi connectivity index (χ1) is 19.4. The smallest absolute Gasteiger partial charge is 0.424 e. The maximum absolute atomic E-state index is 14.5. The molecule has 0 bridgehead atoms. The number of carbonyl (C=O) groups is 2. The Balaban J connectivity index is 1.51. The predicted octanol–water partition coefficient (Wildman–Crippen LogP) is 4.47. The third kappa shape index (κ3) is 5.31. The van der Waals surface area contributed by atoms with E-state index in [0.29, 0.717) is 12.0 Å². The van der Waals surface area contributed by atoms with Crippen LogP contribution in [0.1, 0.15) is 41.4 Å². The Morgan fingerprint density at radius 3 is 2.49 bits per heavy atom. The Kier molecular flexibility index (Phi) is 7.14. The summed E-state index contributed by atoms with van der Waals surface area (Å²) in [4.78, 5) is 28.9. The van der Waals surface area contributed by atoms with Gasteiger partial charge in [0.15, 0.2) is 11.5 Å². The highest BCUT2D eigenvalue weighted by atomic mass is 19.4. The maximum Gasteiger partial charge on any atom is 0.424 e. The number of aldehydes is 1. The van der Waals surface area contributed by atoms with Crippen LogP contribution in [0.25, 0.3) is 11.3 Å². The number of benzene rings is 2. The highest BCUT2D eigenvalue weighted by Gasteiger charge is 2.57. The molecule has 1 amide bonds. The number of hydrogen-bond donors (Lipinski definition) is 2. The third-order valence-electron chi connectivity index (χ3n) is 7.12. The Hall–Kier alpha value is -4.19. The van der Waals surface area contributed by atoms with Crippen LogP contribution >= 0.6 is 0 Å². The molecule has 1 aliphatic carbocycles. The van der Waals surface area contributed by atoms with Gasteiger partial charge in [0, 0.05) is 16.7 Å². The van der Waals surface area contributed by atoms with Gasteiger partial charge in [-0.05, 0) is 68.3 Å². The van der Waals surface area contributed by atoms with E-state index < -0.39 is 41.2 Å². The Morgan fingerprint density at radius 1 is 1.17 bits per heavy atom. The molecule has 2 aliphatic rings. The van der Waals surface area contributed by atoms with Gasteiger partial charge >= 0.3 is 6.18 Å². The van der Waals surface area contributed by atoms with E-state index in [0.717, 1.165) is 31.0 Å². The second kappa shape index (κ2) is 10.3. The monoisotopic (exact) mass is 574 g/mol. The summed E-state index contributed by atoms with van der Waals surface area (Å²) < 4.78 is 73.8. The van der Waals surface area contributed by atoms with Crippen LogP contribution in [0.3, 0.4) is 0 Å². The van der Waals surface area contributed by atoms with E-state index in [2.05, 4.69) is 10.3 Å². The van der Waals surface area contributed by atoms with Crippen LogP contribution in [0.4, 0.5) is 17.6 Å². The van der Waals surface area contributed by atoms with Crippen molar-refractivity contribution in [3.63, 3.8) is 0 Å². The fraction of sp³-hybridized carbons (Fsp3) is 0.345. The van der Waals surface area contributed by atoms with Crippen molar-refractivity contribution < 1.29 is 46.5 Å². The molecule has 3 aromatic rings. The number of amides is 1. The molecule has 0 spiro atoms. The molecule has 8 nitrogen and oxygen atoms in total. The molecule has 1 saturated carbocycles. The molecule has 216 valence electrons. The number of rotatable bonds is 9. The zero-order valence-electron chi connectivity index (χ0n) is 22.0. The molecule has 12 heteroatoms. The molecule has 0 radical (unpaired) electrons. The molecule has 1 aliphatic heterocycles. The summed E-state index contributed by atoms with van der Waals surface area (Å²) in [5.74, 6) is -0.824. The second-order valence-corrected chi connectivity index (χ2v) is 10.3. The van der Waals surface area contributed by atoms with Gasteiger partial charge in [0.1, 0.15) is 30.2 Å². The molecule has 1 unspecified atom stereocenters. The molecule has 41 heavy (non-hydrogen) atoms. The Labute approximate surface area is 232 Å². The molecule has 2 aromatic carbocycles. The number of ether oxygens (including phenoxy) is 3. The first kappa shape index (κ1) is 28.3. The van der Waals surface area contributed by atoms with E-state index in [4.69, 9.17) is 14.2 Å². The van der Waals surface area contributed by atoms with Crippen molar-refractivity contribution in [2.75, 3.05) is 20.3 Å². The number of nitrogens with one attached hydrogen (secondary N) is 1. The summed E-state index contributed by atoms with van der Waals surface area (Å²) in [6.45, 7) is 0.00235. The van der Waals surface area contributed by atoms with Crippen LogP contribution in [-0.4, -0.2) is 54.8 Å². The van der Waals surface area contributed by atoms with Gasteiger partial charge in [-0.1, -0.05) is 0 Å². The number of aliphatic hydroxyl groups is 1. The van der Waals surface area contributed by atoms with Crippen molar-refractivity contribution in [1.29, 1.82) is 0 Å². The van der Waals surface area contributed by atoms with Crippen molar-refractivity contribution in [2.24, 2.45) is 0 Å². The number of carbonyl (C=O) groups excluding carboxylic acids is 2. The van der Waals surface area contributed by atoms with E-state index in [1.54, 1.807) is 0 Å². The van der Waals surface area contributed by atoms with Crippen LogP contribution in [-0.2, 0) is 15.8 Å². The van der Waals surface area contributed by atoms with Crippen molar-refractivity contribution in [3.8, 4) is 28.5 Å². The minimum absolute atomic E-state index is 0.0228. The van der Waals surface area contributed by atoms with Crippen LogP contribution in [0, 0.1) is 5.82 Å².